The molecule has 2 aromatic carbocycles. The molecule has 112 valence electrons. The molecule has 0 aliphatic heterocycles. The van der Waals surface area contributed by atoms with Crippen LogP contribution in [-0.4, -0.2) is 8.07 Å². The van der Waals surface area contributed by atoms with E-state index in [1.807, 2.05) is 6.07 Å². The minimum Gasteiger partial charge on any atom is -0.0950 e. The van der Waals surface area contributed by atoms with Crippen molar-refractivity contribution in [2.45, 2.75) is 19.6 Å². The van der Waals surface area contributed by atoms with Gasteiger partial charge >= 0.3 is 0 Å². The van der Waals surface area contributed by atoms with Crippen molar-refractivity contribution in [3.05, 3.63) is 95.7 Å². The van der Waals surface area contributed by atoms with Crippen molar-refractivity contribution in [3.63, 3.8) is 0 Å². The number of allylic oxidation sites excluding steroid dienone is 4. The van der Waals surface area contributed by atoms with Crippen molar-refractivity contribution in [1.82, 2.24) is 0 Å². The van der Waals surface area contributed by atoms with Gasteiger partial charge in [-0.3, -0.25) is 0 Å². The Balaban J connectivity index is 2.29. The summed E-state index contributed by atoms with van der Waals surface area (Å²) in [5.41, 5.74) is 6.05. The molecule has 0 heterocycles. The zero-order chi connectivity index (χ0) is 15.8. The maximum Gasteiger partial charge on any atom is 0.0687 e. The molecular formula is C21H24Si. The minimum absolute atomic E-state index is 1.13. The lowest BCUT2D eigenvalue weighted by atomic mass is 10.0. The Kier molecular flexibility index (Phi) is 5.73. The normalized spacial score (nSPS) is 13.1. The van der Waals surface area contributed by atoms with E-state index in [0.29, 0.717) is 0 Å². The molecule has 0 saturated carbocycles. The fraction of sp³-hybridized carbons (Fsp3) is 0.143. The third-order valence-electron chi connectivity index (χ3n) is 3.21. The highest BCUT2D eigenvalue weighted by atomic mass is 28.3. The Morgan fingerprint density at radius 2 is 1.36 bits per heavy atom. The van der Waals surface area contributed by atoms with Gasteiger partial charge in [-0.15, -0.1) is 0 Å². The predicted octanol–water partition coefficient (Wildman–Crippen LogP) is 6.22. The second-order valence-corrected chi connectivity index (χ2v) is 11.5. The molecule has 0 saturated heterocycles. The average Bonchev–Trinajstić information content (AvgIpc) is 2.51. The highest BCUT2D eigenvalue weighted by Gasteiger charge is 2.05. The second kappa shape index (κ2) is 7.76. The zero-order valence-electron chi connectivity index (χ0n) is 13.7. The number of benzene rings is 2. The van der Waals surface area contributed by atoms with Gasteiger partial charge in [-0.05, 0) is 22.8 Å². The van der Waals surface area contributed by atoms with E-state index < -0.39 is 8.07 Å². The van der Waals surface area contributed by atoms with Gasteiger partial charge in [0.05, 0.1) is 8.07 Å². The number of hydrogen-bond donors (Lipinski definition) is 0. The molecule has 2 aromatic rings. The first-order valence-corrected chi connectivity index (χ1v) is 11.3. The summed E-state index contributed by atoms with van der Waals surface area (Å²) in [6, 6.07) is 21.0. The second-order valence-electron chi connectivity index (χ2n) is 6.46. The molecule has 2 rings (SSSR count). The van der Waals surface area contributed by atoms with E-state index in [9.17, 15) is 0 Å². The van der Waals surface area contributed by atoms with E-state index >= 15 is 0 Å². The first kappa shape index (κ1) is 16.3. The third kappa shape index (κ3) is 5.70. The Bertz CT molecular complexity index is 656. The van der Waals surface area contributed by atoms with Crippen molar-refractivity contribution in [2.75, 3.05) is 0 Å². The average molecular weight is 305 g/mol. The largest absolute Gasteiger partial charge is 0.0950 e. The molecule has 0 aromatic heterocycles. The molecular weight excluding hydrogens is 280 g/mol. The van der Waals surface area contributed by atoms with Gasteiger partial charge in [0.25, 0.3) is 0 Å². The van der Waals surface area contributed by atoms with Gasteiger partial charge in [-0.1, -0.05) is 104 Å². The van der Waals surface area contributed by atoms with Crippen LogP contribution in [0.3, 0.4) is 0 Å². The molecule has 22 heavy (non-hydrogen) atoms. The van der Waals surface area contributed by atoms with Crippen LogP contribution in [0.1, 0.15) is 11.1 Å². The lowest BCUT2D eigenvalue weighted by molar-refractivity contribution is 1.61. The van der Waals surface area contributed by atoms with E-state index in [-0.39, 0.29) is 0 Å². The van der Waals surface area contributed by atoms with Crippen LogP contribution in [0, 0.1) is 0 Å². The molecule has 0 unspecified atom stereocenters. The van der Waals surface area contributed by atoms with E-state index in [1.165, 1.54) is 16.7 Å². The van der Waals surface area contributed by atoms with Crippen molar-refractivity contribution in [3.8, 4) is 0 Å². The Labute approximate surface area is 135 Å². The molecule has 0 nitrogen and oxygen atoms in total. The van der Waals surface area contributed by atoms with Crippen LogP contribution in [0.15, 0.2) is 84.6 Å². The van der Waals surface area contributed by atoms with Crippen LogP contribution in [-0.2, 0) is 0 Å². The topological polar surface area (TPSA) is 0 Å². The van der Waals surface area contributed by atoms with E-state index in [4.69, 9.17) is 0 Å². The van der Waals surface area contributed by atoms with Crippen LogP contribution in [0.4, 0.5) is 0 Å². The van der Waals surface area contributed by atoms with Crippen molar-refractivity contribution in [1.29, 1.82) is 0 Å². The summed E-state index contributed by atoms with van der Waals surface area (Å²) in [6.45, 7) is 7.03. The van der Waals surface area contributed by atoms with Gasteiger partial charge < -0.3 is 0 Å². The quantitative estimate of drug-likeness (QED) is 0.349. The third-order valence-corrected chi connectivity index (χ3v) is 4.40. The first-order chi connectivity index (χ1) is 10.5. The molecule has 0 aliphatic rings. The van der Waals surface area contributed by atoms with Gasteiger partial charge in [-0.2, -0.15) is 0 Å². The van der Waals surface area contributed by atoms with Gasteiger partial charge in [-0.25, -0.2) is 0 Å². The highest BCUT2D eigenvalue weighted by molar-refractivity contribution is 6.81. The molecule has 0 N–H and O–H groups in total. The van der Waals surface area contributed by atoms with Gasteiger partial charge in [0, 0.05) is 0 Å². The smallest absolute Gasteiger partial charge is 0.0687 e. The number of rotatable bonds is 5. The van der Waals surface area contributed by atoms with Crippen LogP contribution in [0.25, 0.3) is 11.6 Å². The summed E-state index contributed by atoms with van der Waals surface area (Å²) < 4.78 is 0. The molecule has 0 spiro atoms. The Hall–Kier alpha value is -2.12. The standard InChI is InChI=1S/C21H24Si/c1-22(2,3)17-11-10-16-21(20-14-8-5-9-15-20)18-19-12-6-4-7-13-19/h4-18H,1-3H3/b16-10+,17-11+,21-18-. The molecule has 0 aliphatic carbocycles. The van der Waals surface area contributed by atoms with E-state index in [2.05, 4.69) is 104 Å². The van der Waals surface area contributed by atoms with Gasteiger partial charge in [0.1, 0.15) is 0 Å². The SMILES string of the molecule is C[Si](C)(C)/C=C/C=C/C(=C/c1ccccc1)c1ccccc1. The van der Waals surface area contributed by atoms with Gasteiger partial charge in [0.2, 0.25) is 0 Å². The fourth-order valence-electron chi connectivity index (χ4n) is 2.09. The van der Waals surface area contributed by atoms with Crippen LogP contribution in [0.2, 0.25) is 19.6 Å². The maximum absolute atomic E-state index is 2.36. The summed E-state index contributed by atoms with van der Waals surface area (Å²) in [5, 5.41) is 0. The fourth-order valence-corrected chi connectivity index (χ4v) is 2.78. The summed E-state index contributed by atoms with van der Waals surface area (Å²) in [7, 11) is -1.13. The summed E-state index contributed by atoms with van der Waals surface area (Å²) >= 11 is 0. The van der Waals surface area contributed by atoms with E-state index in [1.54, 1.807) is 0 Å². The van der Waals surface area contributed by atoms with Crippen molar-refractivity contribution < 1.29 is 0 Å². The molecule has 0 amide bonds. The molecule has 0 radical (unpaired) electrons. The molecule has 0 fully saturated rings. The van der Waals surface area contributed by atoms with Crippen LogP contribution >= 0.6 is 0 Å². The van der Waals surface area contributed by atoms with Crippen molar-refractivity contribution in [2.24, 2.45) is 0 Å². The van der Waals surface area contributed by atoms with Gasteiger partial charge in [0.15, 0.2) is 0 Å². The Morgan fingerprint density at radius 1 is 0.773 bits per heavy atom. The minimum atomic E-state index is -1.13. The molecule has 0 atom stereocenters. The predicted molar refractivity (Wildman–Crippen MR) is 102 cm³/mol. The summed E-state index contributed by atoms with van der Waals surface area (Å²) in [4.78, 5) is 0. The summed E-state index contributed by atoms with van der Waals surface area (Å²) in [6.07, 6.45) is 8.77. The highest BCUT2D eigenvalue weighted by Crippen LogP contribution is 2.19. The van der Waals surface area contributed by atoms with Crippen LogP contribution < -0.4 is 0 Å². The molecule has 1 heteroatoms. The molecule has 0 bridgehead atoms. The zero-order valence-corrected chi connectivity index (χ0v) is 14.7. The maximum atomic E-state index is 2.36. The lowest BCUT2D eigenvalue weighted by Gasteiger charge is -2.07. The first-order valence-electron chi connectivity index (χ1n) is 7.73. The number of hydrogen-bond acceptors (Lipinski definition) is 0. The summed E-state index contributed by atoms with van der Waals surface area (Å²) in [5.74, 6) is 0. The monoisotopic (exact) mass is 304 g/mol. The van der Waals surface area contributed by atoms with Crippen molar-refractivity contribution >= 4 is 19.7 Å². The lowest BCUT2D eigenvalue weighted by Crippen LogP contribution is -2.14. The van der Waals surface area contributed by atoms with E-state index in [0.717, 1.165) is 0 Å². The van der Waals surface area contributed by atoms with Crippen LogP contribution in [0.5, 0.6) is 0 Å². The Morgan fingerprint density at radius 3 is 1.95 bits per heavy atom.